The number of carbonyl (C=O) groups excluding carboxylic acids is 1. The van der Waals surface area contributed by atoms with Gasteiger partial charge in [-0.05, 0) is 42.3 Å². The van der Waals surface area contributed by atoms with E-state index in [1.807, 2.05) is 0 Å². The number of hydrogen-bond acceptors (Lipinski definition) is 2. The summed E-state index contributed by atoms with van der Waals surface area (Å²) < 4.78 is 44.2. The van der Waals surface area contributed by atoms with E-state index in [0.29, 0.717) is 18.5 Å². The molecule has 5 nitrogen and oxygen atoms in total. The molecule has 0 aliphatic carbocycles. The number of amides is 2. The molecule has 0 saturated heterocycles. The van der Waals surface area contributed by atoms with Gasteiger partial charge in [0, 0.05) is 29.7 Å². The van der Waals surface area contributed by atoms with Crippen LogP contribution < -0.4 is 15.4 Å². The van der Waals surface area contributed by atoms with Gasteiger partial charge >= 0.3 is 6.03 Å². The maximum absolute atomic E-state index is 13.2. The molecule has 0 radical (unpaired) electrons. The van der Waals surface area contributed by atoms with Crippen molar-refractivity contribution in [2.24, 2.45) is 0 Å². The summed E-state index contributed by atoms with van der Waals surface area (Å²) in [7, 11) is 0. The first-order valence-electron chi connectivity index (χ1n) is 8.38. The molecular formula is C19H18F3N3O2. The number of H-pyrrole nitrogens is 1. The Hall–Kier alpha value is -3.16. The SMILES string of the molecule is O=C(NCCOc1ccc(F)c(F)c1)NCCc1c[nH]c2cc(F)ccc12. The van der Waals surface area contributed by atoms with Crippen molar-refractivity contribution in [3.63, 3.8) is 0 Å². The number of hydrogen-bond donors (Lipinski definition) is 3. The molecular weight excluding hydrogens is 359 g/mol. The molecule has 142 valence electrons. The van der Waals surface area contributed by atoms with E-state index in [1.54, 1.807) is 12.3 Å². The van der Waals surface area contributed by atoms with Crippen LogP contribution in [-0.4, -0.2) is 30.7 Å². The van der Waals surface area contributed by atoms with Crippen molar-refractivity contribution in [1.29, 1.82) is 0 Å². The standard InChI is InChI=1S/C19H18F3N3O2/c20-13-1-3-15-12(11-25-18(15)9-13)5-6-23-19(26)24-7-8-27-14-2-4-16(21)17(22)10-14/h1-4,9-11,25H,5-8H2,(H2,23,24,26). The number of benzene rings is 2. The molecule has 0 fully saturated rings. The molecule has 0 saturated carbocycles. The fourth-order valence-corrected chi connectivity index (χ4v) is 2.64. The molecule has 0 spiro atoms. The van der Waals surface area contributed by atoms with Crippen LogP contribution in [0.3, 0.4) is 0 Å². The van der Waals surface area contributed by atoms with E-state index in [9.17, 15) is 18.0 Å². The molecule has 2 amide bonds. The van der Waals surface area contributed by atoms with Crippen LogP contribution in [0.2, 0.25) is 0 Å². The third-order valence-corrected chi connectivity index (χ3v) is 3.96. The largest absolute Gasteiger partial charge is 0.492 e. The van der Waals surface area contributed by atoms with E-state index >= 15 is 0 Å². The van der Waals surface area contributed by atoms with Crippen molar-refractivity contribution in [2.75, 3.05) is 19.7 Å². The molecule has 1 heterocycles. The van der Waals surface area contributed by atoms with Crippen molar-refractivity contribution in [2.45, 2.75) is 6.42 Å². The van der Waals surface area contributed by atoms with Crippen LogP contribution in [0.1, 0.15) is 5.56 Å². The van der Waals surface area contributed by atoms with Gasteiger partial charge in [-0.25, -0.2) is 18.0 Å². The van der Waals surface area contributed by atoms with E-state index < -0.39 is 11.6 Å². The summed E-state index contributed by atoms with van der Waals surface area (Å²) in [6.45, 7) is 0.726. The highest BCUT2D eigenvalue weighted by Crippen LogP contribution is 2.19. The first-order valence-corrected chi connectivity index (χ1v) is 8.38. The highest BCUT2D eigenvalue weighted by molar-refractivity contribution is 5.83. The van der Waals surface area contributed by atoms with Crippen molar-refractivity contribution in [3.05, 3.63) is 65.6 Å². The van der Waals surface area contributed by atoms with Gasteiger partial charge in [-0.15, -0.1) is 0 Å². The first-order chi connectivity index (χ1) is 13.0. The minimum absolute atomic E-state index is 0.118. The number of fused-ring (bicyclic) bond motifs is 1. The van der Waals surface area contributed by atoms with E-state index in [0.717, 1.165) is 23.1 Å². The van der Waals surface area contributed by atoms with Gasteiger partial charge in [0.15, 0.2) is 11.6 Å². The summed E-state index contributed by atoms with van der Waals surface area (Å²) in [4.78, 5) is 14.7. The summed E-state index contributed by atoms with van der Waals surface area (Å²) >= 11 is 0. The lowest BCUT2D eigenvalue weighted by Crippen LogP contribution is -2.38. The third kappa shape index (κ3) is 4.93. The number of nitrogens with one attached hydrogen (secondary N) is 3. The maximum Gasteiger partial charge on any atom is 0.314 e. The van der Waals surface area contributed by atoms with Gasteiger partial charge in [0.2, 0.25) is 0 Å². The number of carbonyl (C=O) groups is 1. The molecule has 8 heteroatoms. The van der Waals surface area contributed by atoms with Crippen molar-refractivity contribution < 1.29 is 22.7 Å². The van der Waals surface area contributed by atoms with Gasteiger partial charge in [-0.3, -0.25) is 0 Å². The lowest BCUT2D eigenvalue weighted by atomic mass is 10.1. The number of urea groups is 1. The van der Waals surface area contributed by atoms with E-state index in [1.165, 1.54) is 18.2 Å². The summed E-state index contributed by atoms with van der Waals surface area (Å²) in [5, 5.41) is 6.23. The Morgan fingerprint density at radius 2 is 1.81 bits per heavy atom. The second kappa shape index (κ2) is 8.48. The molecule has 0 atom stereocenters. The van der Waals surface area contributed by atoms with Crippen LogP contribution in [0.15, 0.2) is 42.6 Å². The Bertz CT molecular complexity index is 943. The van der Waals surface area contributed by atoms with Gasteiger partial charge in [-0.2, -0.15) is 0 Å². The fraction of sp³-hybridized carbons (Fsp3) is 0.211. The molecule has 27 heavy (non-hydrogen) atoms. The Morgan fingerprint density at radius 1 is 1.00 bits per heavy atom. The summed E-state index contributed by atoms with van der Waals surface area (Å²) in [5.41, 5.74) is 1.69. The summed E-state index contributed by atoms with van der Waals surface area (Å²) in [6, 6.07) is 7.39. The van der Waals surface area contributed by atoms with Crippen LogP contribution in [0.5, 0.6) is 5.75 Å². The topological polar surface area (TPSA) is 66.2 Å². The number of ether oxygens (including phenoxy) is 1. The molecule has 0 unspecified atom stereocenters. The van der Waals surface area contributed by atoms with Crippen LogP contribution >= 0.6 is 0 Å². The van der Waals surface area contributed by atoms with Crippen molar-refractivity contribution in [1.82, 2.24) is 15.6 Å². The number of halogens is 3. The molecule has 0 aliphatic rings. The quantitative estimate of drug-likeness (QED) is 0.552. The van der Waals surface area contributed by atoms with Crippen LogP contribution in [-0.2, 0) is 6.42 Å². The van der Waals surface area contributed by atoms with E-state index in [2.05, 4.69) is 15.6 Å². The Labute approximate surface area is 153 Å². The predicted molar refractivity (Wildman–Crippen MR) is 95.2 cm³/mol. The maximum atomic E-state index is 13.2. The average molecular weight is 377 g/mol. The molecule has 3 aromatic rings. The highest BCUT2D eigenvalue weighted by atomic mass is 19.2. The monoisotopic (exact) mass is 377 g/mol. The van der Waals surface area contributed by atoms with E-state index in [-0.39, 0.29) is 30.7 Å². The number of aromatic amines is 1. The van der Waals surface area contributed by atoms with Gasteiger partial charge in [0.05, 0.1) is 6.54 Å². The van der Waals surface area contributed by atoms with Crippen LogP contribution in [0.4, 0.5) is 18.0 Å². The molecule has 3 N–H and O–H groups in total. The van der Waals surface area contributed by atoms with Crippen molar-refractivity contribution in [3.8, 4) is 5.75 Å². The van der Waals surface area contributed by atoms with E-state index in [4.69, 9.17) is 4.74 Å². The average Bonchev–Trinajstić information content (AvgIpc) is 3.04. The molecule has 0 aliphatic heterocycles. The zero-order valence-electron chi connectivity index (χ0n) is 14.3. The van der Waals surface area contributed by atoms with Crippen molar-refractivity contribution >= 4 is 16.9 Å². The Kier molecular flexibility index (Phi) is 5.85. The minimum atomic E-state index is -0.988. The summed E-state index contributed by atoms with van der Waals surface area (Å²) in [6.07, 6.45) is 2.38. The second-order valence-electron chi connectivity index (χ2n) is 5.86. The molecule has 1 aromatic heterocycles. The Morgan fingerprint density at radius 3 is 2.63 bits per heavy atom. The Balaban J connectivity index is 1.36. The lowest BCUT2D eigenvalue weighted by molar-refractivity contribution is 0.236. The lowest BCUT2D eigenvalue weighted by Gasteiger charge is -2.09. The number of aromatic nitrogens is 1. The fourth-order valence-electron chi connectivity index (χ4n) is 2.64. The zero-order chi connectivity index (χ0) is 19.2. The summed E-state index contributed by atoms with van der Waals surface area (Å²) in [5.74, 6) is -2.05. The molecule has 3 rings (SSSR count). The van der Waals surface area contributed by atoms with Gasteiger partial charge in [0.1, 0.15) is 18.2 Å². The highest BCUT2D eigenvalue weighted by Gasteiger charge is 2.06. The van der Waals surface area contributed by atoms with Gasteiger partial charge < -0.3 is 20.4 Å². The first kappa shape index (κ1) is 18.6. The van der Waals surface area contributed by atoms with Crippen LogP contribution in [0.25, 0.3) is 10.9 Å². The van der Waals surface area contributed by atoms with Crippen LogP contribution in [0, 0.1) is 17.5 Å². The van der Waals surface area contributed by atoms with Gasteiger partial charge in [-0.1, -0.05) is 0 Å². The molecule has 2 aromatic carbocycles. The predicted octanol–water partition coefficient (Wildman–Crippen LogP) is 3.51. The minimum Gasteiger partial charge on any atom is -0.492 e. The number of rotatable bonds is 7. The zero-order valence-corrected chi connectivity index (χ0v) is 14.3. The third-order valence-electron chi connectivity index (χ3n) is 3.96. The molecule has 0 bridgehead atoms. The smallest absolute Gasteiger partial charge is 0.314 e. The second-order valence-corrected chi connectivity index (χ2v) is 5.86. The normalized spacial score (nSPS) is 10.8. The van der Waals surface area contributed by atoms with Gasteiger partial charge in [0.25, 0.3) is 0 Å².